The third kappa shape index (κ3) is 3.77. The molecule has 0 aliphatic rings. The van der Waals surface area contributed by atoms with Crippen molar-refractivity contribution in [2.24, 2.45) is 0 Å². The lowest BCUT2D eigenvalue weighted by atomic mass is 10.1. The van der Waals surface area contributed by atoms with Gasteiger partial charge >= 0.3 is 11.6 Å². The third-order valence-corrected chi connectivity index (χ3v) is 4.07. The minimum atomic E-state index is -0.492. The number of nitrogens with zero attached hydrogens (tertiary/aromatic N) is 1. The number of pyridine rings is 1. The topological polar surface area (TPSA) is 69.4 Å². The zero-order valence-corrected chi connectivity index (χ0v) is 14.3. The molecule has 2 aromatic heterocycles. The molecule has 0 unspecified atom stereocenters. The molecule has 0 N–H and O–H groups in total. The molecule has 5 heteroatoms. The molecule has 0 bridgehead atoms. The van der Waals surface area contributed by atoms with E-state index < -0.39 is 5.63 Å². The monoisotopic (exact) mass is 357 g/mol. The standard InChI is InChI=1S/C22H15NO4/c24-21(12-15-6-2-1-3-7-15)26-17-10-9-16-13-18(19-8-4-5-11-23-19)22(25)27-20(16)14-17/h1-11,13-14H,12H2. The number of carbonyl (C=O) groups is 1. The van der Waals surface area contributed by atoms with Gasteiger partial charge in [0.1, 0.15) is 11.3 Å². The van der Waals surface area contributed by atoms with E-state index in [1.807, 2.05) is 30.3 Å². The van der Waals surface area contributed by atoms with Crippen LogP contribution in [0.4, 0.5) is 0 Å². The molecule has 0 saturated carbocycles. The van der Waals surface area contributed by atoms with Gasteiger partial charge in [-0.25, -0.2) is 4.79 Å². The molecule has 0 aliphatic heterocycles. The number of rotatable bonds is 4. The van der Waals surface area contributed by atoms with Crippen molar-refractivity contribution in [3.63, 3.8) is 0 Å². The van der Waals surface area contributed by atoms with Crippen LogP contribution in [0.3, 0.4) is 0 Å². The number of hydrogen-bond donors (Lipinski definition) is 0. The normalized spacial score (nSPS) is 10.7. The number of fused-ring (bicyclic) bond motifs is 1. The molecule has 0 saturated heterocycles. The van der Waals surface area contributed by atoms with Gasteiger partial charge in [-0.3, -0.25) is 9.78 Å². The number of hydrogen-bond acceptors (Lipinski definition) is 5. The Morgan fingerprint density at radius 3 is 2.56 bits per heavy atom. The van der Waals surface area contributed by atoms with E-state index in [0.29, 0.717) is 22.6 Å². The van der Waals surface area contributed by atoms with Crippen molar-refractivity contribution in [3.05, 3.63) is 95.0 Å². The van der Waals surface area contributed by atoms with Gasteiger partial charge < -0.3 is 9.15 Å². The molecule has 0 aliphatic carbocycles. The van der Waals surface area contributed by atoms with Crippen LogP contribution in [0, 0.1) is 0 Å². The summed E-state index contributed by atoms with van der Waals surface area (Å²) < 4.78 is 10.8. The number of ether oxygens (including phenoxy) is 1. The fraction of sp³-hybridized carbons (Fsp3) is 0.0455. The van der Waals surface area contributed by atoms with Crippen LogP contribution in [0.1, 0.15) is 5.56 Å². The van der Waals surface area contributed by atoms with Gasteiger partial charge in [0.05, 0.1) is 17.7 Å². The van der Waals surface area contributed by atoms with Crippen molar-refractivity contribution in [2.75, 3.05) is 0 Å². The van der Waals surface area contributed by atoms with E-state index in [9.17, 15) is 9.59 Å². The van der Waals surface area contributed by atoms with E-state index in [2.05, 4.69) is 4.98 Å². The lowest BCUT2D eigenvalue weighted by Crippen LogP contribution is -2.11. The highest BCUT2D eigenvalue weighted by Gasteiger charge is 2.11. The van der Waals surface area contributed by atoms with Crippen LogP contribution in [0.25, 0.3) is 22.2 Å². The maximum atomic E-state index is 12.3. The predicted octanol–water partition coefficient (Wildman–Crippen LogP) is 4.00. The highest BCUT2D eigenvalue weighted by Crippen LogP contribution is 2.23. The second kappa shape index (κ2) is 7.25. The van der Waals surface area contributed by atoms with Crippen molar-refractivity contribution in [3.8, 4) is 17.0 Å². The SMILES string of the molecule is O=C(Cc1ccccc1)Oc1ccc2cc(-c3ccccn3)c(=O)oc2c1. The maximum Gasteiger partial charge on any atom is 0.345 e. The average molecular weight is 357 g/mol. The summed E-state index contributed by atoms with van der Waals surface area (Å²) in [7, 11) is 0. The van der Waals surface area contributed by atoms with Crippen LogP contribution >= 0.6 is 0 Å². The molecule has 27 heavy (non-hydrogen) atoms. The van der Waals surface area contributed by atoms with Crippen molar-refractivity contribution in [2.45, 2.75) is 6.42 Å². The first-order chi connectivity index (χ1) is 13.2. The van der Waals surface area contributed by atoms with Crippen molar-refractivity contribution in [1.82, 2.24) is 4.98 Å². The van der Waals surface area contributed by atoms with Gasteiger partial charge in [0.25, 0.3) is 0 Å². The number of benzene rings is 2. The Kier molecular flexibility index (Phi) is 4.49. The van der Waals surface area contributed by atoms with Crippen LogP contribution in [0.15, 0.2) is 88.2 Å². The van der Waals surface area contributed by atoms with Crippen LogP contribution < -0.4 is 10.4 Å². The molecule has 2 heterocycles. The molecule has 0 atom stereocenters. The minimum Gasteiger partial charge on any atom is -0.426 e. The smallest absolute Gasteiger partial charge is 0.345 e. The third-order valence-electron chi connectivity index (χ3n) is 4.07. The molecule has 4 aromatic rings. The molecule has 5 nitrogen and oxygen atoms in total. The van der Waals surface area contributed by atoms with Crippen molar-refractivity contribution in [1.29, 1.82) is 0 Å². The summed E-state index contributed by atoms with van der Waals surface area (Å²) in [4.78, 5) is 28.6. The molecule has 0 radical (unpaired) electrons. The molecule has 0 spiro atoms. The largest absolute Gasteiger partial charge is 0.426 e. The maximum absolute atomic E-state index is 12.3. The van der Waals surface area contributed by atoms with Gasteiger partial charge in [0.15, 0.2) is 0 Å². The summed E-state index contributed by atoms with van der Waals surface area (Å²) in [6, 6.07) is 21.4. The highest BCUT2D eigenvalue weighted by molar-refractivity contribution is 5.83. The van der Waals surface area contributed by atoms with Gasteiger partial charge in [-0.15, -0.1) is 0 Å². The number of esters is 1. The van der Waals surface area contributed by atoms with E-state index in [1.54, 1.807) is 48.7 Å². The van der Waals surface area contributed by atoms with E-state index in [1.165, 1.54) is 0 Å². The van der Waals surface area contributed by atoms with Gasteiger partial charge in [-0.1, -0.05) is 36.4 Å². The molecular weight excluding hydrogens is 342 g/mol. The summed E-state index contributed by atoms with van der Waals surface area (Å²) in [5.74, 6) is -0.0508. The Bertz CT molecular complexity index is 1150. The van der Waals surface area contributed by atoms with Crippen molar-refractivity contribution < 1.29 is 13.9 Å². The Morgan fingerprint density at radius 2 is 1.78 bits per heavy atom. The highest BCUT2D eigenvalue weighted by atomic mass is 16.5. The van der Waals surface area contributed by atoms with Crippen molar-refractivity contribution >= 4 is 16.9 Å². The first-order valence-corrected chi connectivity index (χ1v) is 8.43. The summed E-state index contributed by atoms with van der Waals surface area (Å²) in [5, 5.41) is 0.720. The second-order valence-electron chi connectivity index (χ2n) is 6.00. The average Bonchev–Trinajstić information content (AvgIpc) is 2.69. The van der Waals surface area contributed by atoms with Crippen LogP contribution in [-0.2, 0) is 11.2 Å². The molecule has 0 fully saturated rings. The van der Waals surface area contributed by atoms with Gasteiger partial charge in [-0.05, 0) is 35.9 Å². The molecule has 4 rings (SSSR count). The Morgan fingerprint density at radius 1 is 0.963 bits per heavy atom. The lowest BCUT2D eigenvalue weighted by Gasteiger charge is -2.06. The van der Waals surface area contributed by atoms with Crippen LogP contribution in [0.5, 0.6) is 5.75 Å². The fourth-order valence-corrected chi connectivity index (χ4v) is 2.79. The number of carbonyl (C=O) groups excluding carboxylic acids is 1. The van der Waals surface area contributed by atoms with E-state index >= 15 is 0 Å². The van der Waals surface area contributed by atoms with Gasteiger partial charge in [0, 0.05) is 17.6 Å². The van der Waals surface area contributed by atoms with Gasteiger partial charge in [0.2, 0.25) is 0 Å². The van der Waals surface area contributed by atoms with E-state index in [0.717, 1.165) is 10.9 Å². The van der Waals surface area contributed by atoms with Gasteiger partial charge in [-0.2, -0.15) is 0 Å². The van der Waals surface area contributed by atoms with Crippen LogP contribution in [0.2, 0.25) is 0 Å². The van der Waals surface area contributed by atoms with Crippen LogP contribution in [-0.4, -0.2) is 11.0 Å². The number of aromatic nitrogens is 1. The molecule has 2 aromatic carbocycles. The first-order valence-electron chi connectivity index (χ1n) is 8.43. The minimum absolute atomic E-state index is 0.168. The first kappa shape index (κ1) is 16.7. The fourth-order valence-electron chi connectivity index (χ4n) is 2.79. The summed E-state index contributed by atoms with van der Waals surface area (Å²) >= 11 is 0. The lowest BCUT2D eigenvalue weighted by molar-refractivity contribution is -0.133. The summed E-state index contributed by atoms with van der Waals surface area (Å²) in [6.45, 7) is 0. The quantitative estimate of drug-likeness (QED) is 0.314. The molecule has 132 valence electrons. The Balaban J connectivity index is 1.59. The zero-order chi connectivity index (χ0) is 18.6. The summed E-state index contributed by atoms with van der Waals surface area (Å²) in [5.41, 5.74) is 1.66. The Hall–Kier alpha value is -3.73. The molecular formula is C22H15NO4. The molecule has 0 amide bonds. The zero-order valence-electron chi connectivity index (χ0n) is 14.3. The predicted molar refractivity (Wildman–Crippen MR) is 101 cm³/mol. The Labute approximate surface area is 154 Å². The summed E-state index contributed by atoms with van der Waals surface area (Å²) in [6.07, 6.45) is 1.79. The second-order valence-corrected chi connectivity index (χ2v) is 6.00. The van der Waals surface area contributed by atoms with E-state index in [-0.39, 0.29) is 12.4 Å². The van der Waals surface area contributed by atoms with E-state index in [4.69, 9.17) is 9.15 Å².